The van der Waals surface area contributed by atoms with Gasteiger partial charge >= 0.3 is 5.97 Å². The number of aliphatic carboxylic acids is 1. The molecule has 27 heavy (non-hydrogen) atoms. The fourth-order valence-electron chi connectivity index (χ4n) is 2.09. The first-order valence-corrected chi connectivity index (χ1v) is 8.46. The molecule has 0 unspecified atom stereocenters. The molecule has 0 radical (unpaired) electrons. The highest BCUT2D eigenvalue weighted by atomic mass is 16.4. The van der Waals surface area contributed by atoms with E-state index >= 15 is 0 Å². The van der Waals surface area contributed by atoms with Crippen LogP contribution in [0.2, 0.25) is 0 Å². The summed E-state index contributed by atoms with van der Waals surface area (Å²) in [6.07, 6.45) is 0.147. The highest BCUT2D eigenvalue weighted by Crippen LogP contribution is 2.06. The fourth-order valence-corrected chi connectivity index (χ4v) is 2.09. The molecule has 0 aliphatic rings. The summed E-state index contributed by atoms with van der Waals surface area (Å²) in [5, 5.41) is 25.0. The number of carboxylic acid groups (broad SMARTS) is 1. The van der Waals surface area contributed by atoms with Crippen LogP contribution < -0.4 is 21.7 Å². The number of hydrogen-bond acceptors (Lipinski definition) is 7. The molecule has 0 aliphatic carbocycles. The predicted octanol–water partition coefficient (Wildman–Crippen LogP) is -2.50. The Balaban J connectivity index is 5.03. The van der Waals surface area contributed by atoms with Gasteiger partial charge in [0.2, 0.25) is 17.7 Å². The zero-order valence-corrected chi connectivity index (χ0v) is 15.6. The van der Waals surface area contributed by atoms with Crippen LogP contribution in [0.15, 0.2) is 0 Å². The molecule has 3 amide bonds. The van der Waals surface area contributed by atoms with E-state index in [1.807, 2.05) is 13.8 Å². The Morgan fingerprint density at radius 2 is 1.48 bits per heavy atom. The van der Waals surface area contributed by atoms with Gasteiger partial charge in [0.05, 0.1) is 25.1 Å². The van der Waals surface area contributed by atoms with Crippen LogP contribution in [0.25, 0.3) is 0 Å². The van der Waals surface area contributed by atoms with Gasteiger partial charge in [-0.05, 0) is 19.3 Å². The van der Waals surface area contributed by atoms with E-state index in [4.69, 9.17) is 10.8 Å². The molecule has 0 spiro atoms. The minimum atomic E-state index is -1.41. The summed E-state index contributed by atoms with van der Waals surface area (Å²) in [6.45, 7) is 4.34. The Kier molecular flexibility index (Phi) is 10.8. The summed E-state index contributed by atoms with van der Waals surface area (Å²) in [5.74, 6) is -3.61. The Bertz CT molecular complexity index is 553. The van der Waals surface area contributed by atoms with Gasteiger partial charge in [-0.1, -0.05) is 13.8 Å². The molecule has 11 heteroatoms. The normalized spacial score (nSPS) is 15.2. The number of aliphatic hydroxyl groups excluding tert-OH is 1. The third-order valence-corrected chi connectivity index (χ3v) is 3.46. The molecule has 0 aromatic carbocycles. The molecule has 0 aromatic heterocycles. The topological polar surface area (TPSA) is 188 Å². The number of hydrogen-bond donors (Lipinski definition) is 6. The van der Waals surface area contributed by atoms with Gasteiger partial charge in [0.15, 0.2) is 0 Å². The molecule has 0 rings (SSSR count). The molecule has 0 saturated heterocycles. The smallest absolute Gasteiger partial charge is 0.305 e. The number of carbonyl (C=O) groups excluding carboxylic acids is 4. The Morgan fingerprint density at radius 3 is 1.93 bits per heavy atom. The maximum absolute atomic E-state index is 12.3. The van der Waals surface area contributed by atoms with Crippen LogP contribution in [0.1, 0.15) is 33.6 Å². The zero-order valence-electron chi connectivity index (χ0n) is 15.6. The molecule has 11 nitrogen and oxygen atoms in total. The van der Waals surface area contributed by atoms with Crippen LogP contribution >= 0.6 is 0 Å². The van der Waals surface area contributed by atoms with Gasteiger partial charge in [-0.3, -0.25) is 19.2 Å². The molecule has 0 bridgehead atoms. The van der Waals surface area contributed by atoms with Crippen molar-refractivity contribution < 1.29 is 34.2 Å². The quantitative estimate of drug-likeness (QED) is 0.198. The van der Waals surface area contributed by atoms with Gasteiger partial charge in [0.1, 0.15) is 18.4 Å². The lowest BCUT2D eigenvalue weighted by Gasteiger charge is -2.24. The first-order valence-electron chi connectivity index (χ1n) is 8.46. The highest BCUT2D eigenvalue weighted by Gasteiger charge is 2.29. The van der Waals surface area contributed by atoms with Crippen molar-refractivity contribution in [2.75, 3.05) is 6.61 Å². The van der Waals surface area contributed by atoms with Gasteiger partial charge in [-0.25, -0.2) is 0 Å². The lowest BCUT2D eigenvalue weighted by atomic mass is 10.0. The lowest BCUT2D eigenvalue weighted by molar-refractivity contribution is -0.140. The van der Waals surface area contributed by atoms with Crippen LogP contribution in [0.3, 0.4) is 0 Å². The SMILES string of the molecule is CC(C)C[C@H](NC(=O)[C@H](CO)NC(=O)[C@@H](N)CC(=O)O)C(=O)N[C@@H](C)C=O. The second-order valence-electron chi connectivity index (χ2n) is 6.57. The summed E-state index contributed by atoms with van der Waals surface area (Å²) in [5.41, 5.74) is 5.40. The van der Waals surface area contributed by atoms with Crippen LogP contribution in [-0.2, 0) is 24.0 Å². The average Bonchev–Trinajstić information content (AvgIpc) is 2.57. The van der Waals surface area contributed by atoms with Gasteiger partial charge < -0.3 is 36.7 Å². The standard InChI is InChI=1S/C16H28N4O7/c1-8(2)4-11(15(26)18-9(3)6-21)19-16(27)12(7-22)20-14(25)10(17)5-13(23)24/h6,8-12,22H,4-5,7,17H2,1-3H3,(H,18,26)(H,19,27)(H,20,25)(H,23,24)/t9-,10-,11-,12-/m0/s1. The largest absolute Gasteiger partial charge is 0.481 e. The molecule has 0 fully saturated rings. The number of carboxylic acids is 1. The summed E-state index contributed by atoms with van der Waals surface area (Å²) < 4.78 is 0. The molecular formula is C16H28N4O7. The van der Waals surface area contributed by atoms with E-state index < -0.39 is 60.9 Å². The van der Waals surface area contributed by atoms with Crippen molar-refractivity contribution in [1.82, 2.24) is 16.0 Å². The minimum absolute atomic E-state index is 0.0266. The van der Waals surface area contributed by atoms with Gasteiger partial charge in [0.25, 0.3) is 0 Å². The number of carbonyl (C=O) groups is 5. The molecule has 154 valence electrons. The zero-order chi connectivity index (χ0) is 21.1. The van der Waals surface area contributed by atoms with E-state index in [0.29, 0.717) is 6.29 Å². The van der Waals surface area contributed by atoms with Gasteiger partial charge in [0, 0.05) is 0 Å². The first kappa shape index (κ1) is 24.5. The number of nitrogens with one attached hydrogen (secondary N) is 3. The maximum Gasteiger partial charge on any atom is 0.305 e. The first-order chi connectivity index (χ1) is 12.5. The van der Waals surface area contributed by atoms with E-state index in [-0.39, 0.29) is 12.3 Å². The second-order valence-corrected chi connectivity index (χ2v) is 6.57. The highest BCUT2D eigenvalue weighted by molar-refractivity contribution is 5.94. The Labute approximate surface area is 157 Å². The second kappa shape index (κ2) is 12.0. The van der Waals surface area contributed by atoms with Crippen LogP contribution in [0.4, 0.5) is 0 Å². The molecule has 0 saturated carbocycles. The third kappa shape index (κ3) is 9.66. The van der Waals surface area contributed by atoms with Crippen molar-refractivity contribution in [2.45, 2.75) is 57.8 Å². The molecule has 0 heterocycles. The molecular weight excluding hydrogens is 360 g/mol. The number of nitrogens with two attached hydrogens (primary N) is 1. The molecule has 4 atom stereocenters. The van der Waals surface area contributed by atoms with Crippen molar-refractivity contribution in [3.8, 4) is 0 Å². The van der Waals surface area contributed by atoms with Crippen LogP contribution in [0, 0.1) is 5.92 Å². The lowest BCUT2D eigenvalue weighted by Crippen LogP contribution is -2.57. The van der Waals surface area contributed by atoms with E-state index in [9.17, 15) is 29.1 Å². The van der Waals surface area contributed by atoms with E-state index in [0.717, 1.165) is 0 Å². The van der Waals surface area contributed by atoms with Gasteiger partial charge in [-0.2, -0.15) is 0 Å². The number of rotatable bonds is 12. The van der Waals surface area contributed by atoms with Gasteiger partial charge in [-0.15, -0.1) is 0 Å². The third-order valence-electron chi connectivity index (χ3n) is 3.46. The number of amides is 3. The molecule has 7 N–H and O–H groups in total. The Morgan fingerprint density at radius 1 is 0.963 bits per heavy atom. The maximum atomic E-state index is 12.3. The van der Waals surface area contributed by atoms with Crippen molar-refractivity contribution in [1.29, 1.82) is 0 Å². The van der Waals surface area contributed by atoms with Crippen molar-refractivity contribution in [3.63, 3.8) is 0 Å². The van der Waals surface area contributed by atoms with Crippen molar-refractivity contribution >= 4 is 30.0 Å². The summed E-state index contributed by atoms with van der Waals surface area (Å²) in [7, 11) is 0. The molecule has 0 aromatic rings. The predicted molar refractivity (Wildman–Crippen MR) is 94.3 cm³/mol. The van der Waals surface area contributed by atoms with E-state index in [1.165, 1.54) is 6.92 Å². The Hall–Kier alpha value is -2.53. The average molecular weight is 388 g/mol. The molecule has 0 aliphatic heterocycles. The van der Waals surface area contributed by atoms with Crippen molar-refractivity contribution in [2.24, 2.45) is 11.7 Å². The van der Waals surface area contributed by atoms with E-state index in [1.54, 1.807) is 0 Å². The number of aldehydes is 1. The van der Waals surface area contributed by atoms with Crippen LogP contribution in [-0.4, -0.2) is 71.0 Å². The minimum Gasteiger partial charge on any atom is -0.481 e. The summed E-state index contributed by atoms with van der Waals surface area (Å²) in [6, 6.07) is -4.54. The monoisotopic (exact) mass is 388 g/mol. The van der Waals surface area contributed by atoms with Crippen molar-refractivity contribution in [3.05, 3.63) is 0 Å². The van der Waals surface area contributed by atoms with E-state index in [2.05, 4.69) is 16.0 Å². The summed E-state index contributed by atoms with van der Waals surface area (Å²) >= 11 is 0. The fraction of sp³-hybridized carbons (Fsp3) is 0.688. The number of aliphatic hydroxyl groups is 1. The van der Waals surface area contributed by atoms with Crippen LogP contribution in [0.5, 0.6) is 0 Å². The summed E-state index contributed by atoms with van der Waals surface area (Å²) in [4.78, 5) is 57.6.